The smallest absolute Gasteiger partial charge is 0.338 e. The van der Waals surface area contributed by atoms with E-state index in [9.17, 15) is 14.9 Å². The van der Waals surface area contributed by atoms with Gasteiger partial charge in [-0.05, 0) is 27.1 Å². The molecule has 1 aromatic rings. The monoisotopic (exact) mass is 267 g/mol. The second-order valence-corrected chi connectivity index (χ2v) is 4.46. The van der Waals surface area contributed by atoms with Gasteiger partial charge in [-0.15, -0.1) is 0 Å². The number of nitro groups is 1. The quantitative estimate of drug-likeness (QED) is 0.601. The second-order valence-electron chi connectivity index (χ2n) is 4.46. The van der Waals surface area contributed by atoms with E-state index in [0.29, 0.717) is 6.54 Å². The van der Waals surface area contributed by atoms with Crippen LogP contribution in [0.25, 0.3) is 0 Å². The van der Waals surface area contributed by atoms with E-state index in [0.717, 1.165) is 0 Å². The van der Waals surface area contributed by atoms with Crippen LogP contribution < -0.4 is 5.32 Å². The van der Waals surface area contributed by atoms with Crippen LogP contribution in [0.3, 0.4) is 0 Å². The number of hydrogen-bond donors (Lipinski definition) is 2. The van der Waals surface area contributed by atoms with Gasteiger partial charge in [-0.1, -0.05) is 6.07 Å². The van der Waals surface area contributed by atoms with Gasteiger partial charge in [-0.2, -0.15) is 0 Å². The van der Waals surface area contributed by atoms with Crippen molar-refractivity contribution in [1.82, 2.24) is 4.90 Å². The van der Waals surface area contributed by atoms with Crippen LogP contribution in [0.2, 0.25) is 0 Å². The number of para-hydroxylation sites is 1. The Hall–Kier alpha value is -2.15. The molecule has 104 valence electrons. The first kappa shape index (κ1) is 14.9. The molecule has 0 amide bonds. The minimum Gasteiger partial charge on any atom is -0.478 e. The topological polar surface area (TPSA) is 95.7 Å². The summed E-state index contributed by atoms with van der Waals surface area (Å²) >= 11 is 0. The molecule has 7 nitrogen and oxygen atoms in total. The molecular weight excluding hydrogens is 250 g/mol. The van der Waals surface area contributed by atoms with Gasteiger partial charge < -0.3 is 15.3 Å². The Labute approximate surface area is 111 Å². The zero-order chi connectivity index (χ0) is 14.6. The number of aromatic carboxylic acids is 1. The number of carboxylic acid groups (broad SMARTS) is 1. The summed E-state index contributed by atoms with van der Waals surface area (Å²) in [5.74, 6) is -1.19. The summed E-state index contributed by atoms with van der Waals surface area (Å²) in [6, 6.07) is 4.11. The number of hydrogen-bond acceptors (Lipinski definition) is 5. The predicted octanol–water partition coefficient (Wildman–Crippen LogP) is 1.66. The van der Waals surface area contributed by atoms with E-state index in [4.69, 9.17) is 5.11 Å². The van der Waals surface area contributed by atoms with Crippen LogP contribution in [0.4, 0.5) is 11.4 Å². The molecule has 0 aliphatic rings. The molecule has 1 atom stereocenters. The Bertz CT molecular complexity index is 456. The molecule has 0 aliphatic carbocycles. The van der Waals surface area contributed by atoms with Crippen LogP contribution in [-0.4, -0.2) is 47.6 Å². The number of nitrogens with zero attached hydrogens (tertiary/aromatic N) is 2. The van der Waals surface area contributed by atoms with Crippen LogP contribution >= 0.6 is 0 Å². The fraction of sp³-hybridized carbons (Fsp3) is 0.417. The van der Waals surface area contributed by atoms with Crippen molar-refractivity contribution < 1.29 is 14.8 Å². The minimum atomic E-state index is -1.19. The Morgan fingerprint density at radius 2 is 2.16 bits per heavy atom. The van der Waals surface area contributed by atoms with Gasteiger partial charge in [-0.25, -0.2) is 4.79 Å². The normalized spacial score (nSPS) is 12.2. The Kier molecular flexibility index (Phi) is 4.82. The number of nitro benzene ring substituents is 1. The van der Waals surface area contributed by atoms with E-state index in [-0.39, 0.29) is 23.0 Å². The number of carbonyl (C=O) groups is 1. The number of benzene rings is 1. The molecule has 1 aromatic carbocycles. The van der Waals surface area contributed by atoms with Crippen LogP contribution in [0.15, 0.2) is 18.2 Å². The van der Waals surface area contributed by atoms with Gasteiger partial charge in [0.25, 0.3) is 5.69 Å². The number of rotatable bonds is 6. The fourth-order valence-corrected chi connectivity index (χ4v) is 1.49. The molecule has 1 rings (SSSR count). The maximum absolute atomic E-state index is 11.1. The summed E-state index contributed by atoms with van der Waals surface area (Å²) in [4.78, 5) is 23.4. The van der Waals surface area contributed by atoms with Crippen molar-refractivity contribution in [3.63, 3.8) is 0 Å². The van der Waals surface area contributed by atoms with Crippen molar-refractivity contribution in [2.75, 3.05) is 26.0 Å². The number of carboxylic acids is 1. The standard InChI is InChI=1S/C12H17N3O4/c1-8(14(2)3)7-13-11-9(12(16)17)5-4-6-10(11)15(18)19/h4-6,8,13H,7H2,1-3H3,(H,16,17). The maximum Gasteiger partial charge on any atom is 0.338 e. The maximum atomic E-state index is 11.1. The highest BCUT2D eigenvalue weighted by molar-refractivity contribution is 5.96. The first-order chi connectivity index (χ1) is 8.84. The van der Waals surface area contributed by atoms with E-state index in [1.54, 1.807) is 0 Å². The Morgan fingerprint density at radius 1 is 1.53 bits per heavy atom. The molecule has 0 heterocycles. The van der Waals surface area contributed by atoms with Gasteiger partial charge in [0.05, 0.1) is 10.5 Å². The van der Waals surface area contributed by atoms with Crippen LogP contribution in [-0.2, 0) is 0 Å². The minimum absolute atomic E-state index is 0.0497. The third-order valence-corrected chi connectivity index (χ3v) is 2.93. The Balaban J connectivity index is 3.08. The third kappa shape index (κ3) is 3.65. The molecule has 1 unspecified atom stereocenters. The lowest BCUT2D eigenvalue weighted by molar-refractivity contribution is -0.384. The van der Waals surface area contributed by atoms with Gasteiger partial charge in [0.1, 0.15) is 5.69 Å². The summed E-state index contributed by atoms with van der Waals surface area (Å²) in [5, 5.41) is 22.9. The van der Waals surface area contributed by atoms with Crippen molar-refractivity contribution in [2.24, 2.45) is 0 Å². The van der Waals surface area contributed by atoms with Crippen molar-refractivity contribution in [3.05, 3.63) is 33.9 Å². The molecule has 0 saturated heterocycles. The molecular formula is C12H17N3O4. The highest BCUT2D eigenvalue weighted by Gasteiger charge is 2.21. The third-order valence-electron chi connectivity index (χ3n) is 2.93. The van der Waals surface area contributed by atoms with Crippen LogP contribution in [0.1, 0.15) is 17.3 Å². The molecule has 0 spiro atoms. The lowest BCUT2D eigenvalue weighted by atomic mass is 10.1. The van der Waals surface area contributed by atoms with E-state index in [1.165, 1.54) is 18.2 Å². The van der Waals surface area contributed by atoms with Crippen LogP contribution in [0.5, 0.6) is 0 Å². The van der Waals surface area contributed by atoms with Crippen molar-refractivity contribution in [3.8, 4) is 0 Å². The lowest BCUT2D eigenvalue weighted by Gasteiger charge is -2.21. The molecule has 0 fully saturated rings. The summed E-state index contributed by atoms with van der Waals surface area (Å²) in [7, 11) is 3.76. The summed E-state index contributed by atoms with van der Waals surface area (Å²) in [5.41, 5.74) is -0.278. The van der Waals surface area contributed by atoms with Crippen LogP contribution in [0, 0.1) is 10.1 Å². The number of anilines is 1. The van der Waals surface area contributed by atoms with Crippen molar-refractivity contribution in [2.45, 2.75) is 13.0 Å². The molecule has 19 heavy (non-hydrogen) atoms. The highest BCUT2D eigenvalue weighted by Crippen LogP contribution is 2.28. The fourth-order valence-electron chi connectivity index (χ4n) is 1.49. The van der Waals surface area contributed by atoms with Gasteiger partial charge in [0.15, 0.2) is 0 Å². The van der Waals surface area contributed by atoms with Gasteiger partial charge >= 0.3 is 5.97 Å². The molecule has 0 bridgehead atoms. The number of nitrogens with one attached hydrogen (secondary N) is 1. The summed E-state index contributed by atoms with van der Waals surface area (Å²) < 4.78 is 0. The van der Waals surface area contributed by atoms with E-state index >= 15 is 0 Å². The van der Waals surface area contributed by atoms with E-state index in [2.05, 4.69) is 5.32 Å². The predicted molar refractivity (Wildman–Crippen MR) is 71.7 cm³/mol. The first-order valence-electron chi connectivity index (χ1n) is 5.75. The average Bonchev–Trinajstić information content (AvgIpc) is 2.34. The summed E-state index contributed by atoms with van der Waals surface area (Å²) in [6.07, 6.45) is 0. The zero-order valence-corrected chi connectivity index (χ0v) is 11.1. The van der Waals surface area contributed by atoms with Crippen molar-refractivity contribution >= 4 is 17.3 Å². The largest absolute Gasteiger partial charge is 0.478 e. The lowest BCUT2D eigenvalue weighted by Crippen LogP contribution is -2.32. The molecule has 0 aromatic heterocycles. The molecule has 0 radical (unpaired) electrons. The second kappa shape index (κ2) is 6.14. The zero-order valence-electron chi connectivity index (χ0n) is 11.1. The molecule has 0 aliphatic heterocycles. The van der Waals surface area contributed by atoms with E-state index in [1.807, 2.05) is 25.9 Å². The SMILES string of the molecule is CC(CNc1c(C(=O)O)cccc1[N+](=O)[O-])N(C)C. The van der Waals surface area contributed by atoms with Crippen molar-refractivity contribution in [1.29, 1.82) is 0 Å². The average molecular weight is 267 g/mol. The first-order valence-corrected chi connectivity index (χ1v) is 5.75. The van der Waals surface area contributed by atoms with Gasteiger partial charge in [-0.3, -0.25) is 10.1 Å². The molecule has 7 heteroatoms. The van der Waals surface area contributed by atoms with Gasteiger partial charge in [0.2, 0.25) is 0 Å². The molecule has 2 N–H and O–H groups in total. The van der Waals surface area contributed by atoms with E-state index < -0.39 is 10.9 Å². The summed E-state index contributed by atoms with van der Waals surface area (Å²) in [6.45, 7) is 2.35. The molecule has 0 saturated carbocycles. The Morgan fingerprint density at radius 3 is 2.63 bits per heavy atom. The highest BCUT2D eigenvalue weighted by atomic mass is 16.6. The number of likely N-dealkylation sites (N-methyl/N-ethyl adjacent to an activating group) is 1. The van der Waals surface area contributed by atoms with Gasteiger partial charge in [0, 0.05) is 18.7 Å².